The molecule has 0 saturated carbocycles. The number of rotatable bonds is 6. The topological polar surface area (TPSA) is 59.5 Å². The molecular weight excluding hydrogens is 311 g/mol. The number of carbonyl (C=O) groups excluding carboxylic acids is 2. The van der Waals surface area contributed by atoms with Gasteiger partial charge < -0.3 is 9.64 Å². The van der Waals surface area contributed by atoms with Crippen molar-refractivity contribution in [1.29, 1.82) is 0 Å². The lowest BCUT2D eigenvalue weighted by molar-refractivity contribution is -0.145. The second-order valence-corrected chi connectivity index (χ2v) is 5.44. The van der Waals surface area contributed by atoms with E-state index in [1.165, 1.54) is 36.3 Å². The highest BCUT2D eigenvalue weighted by Crippen LogP contribution is 2.13. The summed E-state index contributed by atoms with van der Waals surface area (Å²) in [5.41, 5.74) is 1.05. The van der Waals surface area contributed by atoms with Crippen molar-refractivity contribution >= 4 is 11.9 Å². The Kier molecular flexibility index (Phi) is 6.01. The summed E-state index contributed by atoms with van der Waals surface area (Å²) in [5.74, 6) is -1.59. The quantitative estimate of drug-likeness (QED) is 0.764. The molecule has 1 atom stereocenters. The van der Waals surface area contributed by atoms with Gasteiger partial charge in [-0.1, -0.05) is 13.0 Å². The molecule has 0 N–H and O–H groups in total. The average molecular weight is 330 g/mol. The van der Waals surface area contributed by atoms with Gasteiger partial charge in [0.25, 0.3) is 5.91 Å². The number of benzene rings is 1. The van der Waals surface area contributed by atoms with Gasteiger partial charge in [0, 0.05) is 18.3 Å². The third-order valence-corrected chi connectivity index (χ3v) is 3.56. The Morgan fingerprint density at radius 1 is 1.21 bits per heavy atom. The first-order valence-corrected chi connectivity index (χ1v) is 7.54. The molecule has 0 radical (unpaired) electrons. The van der Waals surface area contributed by atoms with Gasteiger partial charge in [-0.3, -0.25) is 14.6 Å². The molecule has 1 aromatic heterocycles. The van der Waals surface area contributed by atoms with Crippen LogP contribution in [0.4, 0.5) is 4.39 Å². The standard InChI is InChI=1S/C18H19FN2O3/c1-13(18(23)24-2)11-21(12-16-5-3-4-10-20-16)17(22)14-6-8-15(19)9-7-14/h3-10,13H,11-12H2,1-2H3. The molecule has 1 aromatic carbocycles. The molecule has 2 rings (SSSR count). The van der Waals surface area contributed by atoms with Crippen LogP contribution in [0.25, 0.3) is 0 Å². The van der Waals surface area contributed by atoms with Crippen molar-refractivity contribution in [2.24, 2.45) is 5.92 Å². The van der Waals surface area contributed by atoms with Crippen LogP contribution >= 0.6 is 0 Å². The zero-order valence-corrected chi connectivity index (χ0v) is 13.6. The van der Waals surface area contributed by atoms with Crippen LogP contribution in [0.5, 0.6) is 0 Å². The lowest BCUT2D eigenvalue weighted by Gasteiger charge is -2.25. The molecule has 0 bridgehead atoms. The number of ether oxygens (including phenoxy) is 1. The van der Waals surface area contributed by atoms with E-state index in [9.17, 15) is 14.0 Å². The van der Waals surface area contributed by atoms with Crippen molar-refractivity contribution in [1.82, 2.24) is 9.88 Å². The van der Waals surface area contributed by atoms with Crippen molar-refractivity contribution < 1.29 is 18.7 Å². The van der Waals surface area contributed by atoms with Crippen molar-refractivity contribution in [3.63, 3.8) is 0 Å². The number of hydrogen-bond donors (Lipinski definition) is 0. The summed E-state index contributed by atoms with van der Waals surface area (Å²) in [6.07, 6.45) is 1.64. The van der Waals surface area contributed by atoms with E-state index in [0.29, 0.717) is 11.3 Å². The van der Waals surface area contributed by atoms with Crippen LogP contribution in [0.1, 0.15) is 23.0 Å². The molecule has 0 aliphatic rings. The zero-order valence-electron chi connectivity index (χ0n) is 13.6. The monoisotopic (exact) mass is 330 g/mol. The predicted octanol–water partition coefficient (Wildman–Crippen LogP) is 2.67. The predicted molar refractivity (Wildman–Crippen MR) is 86.6 cm³/mol. The van der Waals surface area contributed by atoms with Crippen LogP contribution < -0.4 is 0 Å². The number of nitrogens with zero attached hydrogens (tertiary/aromatic N) is 2. The Labute approximate surface area is 140 Å². The van der Waals surface area contributed by atoms with Crippen LogP contribution in [-0.4, -0.2) is 35.4 Å². The van der Waals surface area contributed by atoms with E-state index in [0.717, 1.165) is 0 Å². The van der Waals surface area contributed by atoms with Gasteiger partial charge in [0.2, 0.25) is 0 Å². The summed E-state index contributed by atoms with van der Waals surface area (Å²) >= 11 is 0. The highest BCUT2D eigenvalue weighted by atomic mass is 19.1. The van der Waals surface area contributed by atoms with Crippen LogP contribution in [0, 0.1) is 11.7 Å². The van der Waals surface area contributed by atoms with E-state index in [1.807, 2.05) is 6.07 Å². The van der Waals surface area contributed by atoms with Crippen LogP contribution in [-0.2, 0) is 16.1 Å². The number of halogens is 1. The minimum atomic E-state index is -0.483. The van der Waals surface area contributed by atoms with Gasteiger partial charge in [-0.2, -0.15) is 0 Å². The molecule has 2 aromatic rings. The fourth-order valence-corrected chi connectivity index (χ4v) is 2.29. The summed E-state index contributed by atoms with van der Waals surface area (Å²) < 4.78 is 17.8. The molecule has 5 nitrogen and oxygen atoms in total. The molecule has 1 heterocycles. The second kappa shape index (κ2) is 8.19. The average Bonchev–Trinajstić information content (AvgIpc) is 2.61. The lowest BCUT2D eigenvalue weighted by Crippen LogP contribution is -2.37. The maximum absolute atomic E-state index is 13.1. The number of pyridine rings is 1. The fraction of sp³-hybridized carbons (Fsp3) is 0.278. The first kappa shape index (κ1) is 17.6. The Hall–Kier alpha value is -2.76. The second-order valence-electron chi connectivity index (χ2n) is 5.44. The highest BCUT2D eigenvalue weighted by molar-refractivity contribution is 5.94. The third-order valence-electron chi connectivity index (χ3n) is 3.56. The number of aromatic nitrogens is 1. The van der Waals surface area contributed by atoms with Gasteiger partial charge in [0.1, 0.15) is 5.82 Å². The van der Waals surface area contributed by atoms with Gasteiger partial charge in [0.15, 0.2) is 0 Å². The zero-order chi connectivity index (χ0) is 17.5. The number of carbonyl (C=O) groups is 2. The van der Waals surface area contributed by atoms with Crippen LogP contribution in [0.15, 0.2) is 48.7 Å². The van der Waals surface area contributed by atoms with Gasteiger partial charge >= 0.3 is 5.97 Å². The van der Waals surface area contributed by atoms with E-state index in [2.05, 4.69) is 4.98 Å². The van der Waals surface area contributed by atoms with E-state index < -0.39 is 17.7 Å². The lowest BCUT2D eigenvalue weighted by atomic mass is 10.1. The molecule has 1 amide bonds. The summed E-state index contributed by atoms with van der Waals surface area (Å²) in [6.45, 7) is 2.12. The maximum Gasteiger partial charge on any atom is 0.310 e. The number of amides is 1. The molecule has 1 unspecified atom stereocenters. The molecule has 0 aliphatic heterocycles. The number of esters is 1. The largest absolute Gasteiger partial charge is 0.469 e. The minimum absolute atomic E-state index is 0.180. The van der Waals surface area contributed by atoms with Crippen molar-refractivity contribution in [2.75, 3.05) is 13.7 Å². The Morgan fingerprint density at radius 2 is 1.92 bits per heavy atom. The first-order chi connectivity index (χ1) is 11.5. The van der Waals surface area contributed by atoms with Gasteiger partial charge in [-0.25, -0.2) is 4.39 Å². The summed E-state index contributed by atoms with van der Waals surface area (Å²) in [5, 5.41) is 0. The number of methoxy groups -OCH3 is 1. The van der Waals surface area contributed by atoms with Gasteiger partial charge in [-0.05, 0) is 36.4 Å². The van der Waals surface area contributed by atoms with Crippen molar-refractivity contribution in [3.8, 4) is 0 Å². The highest BCUT2D eigenvalue weighted by Gasteiger charge is 2.23. The molecule has 24 heavy (non-hydrogen) atoms. The molecular formula is C18H19FN2O3. The molecule has 6 heteroatoms. The van der Waals surface area contributed by atoms with Crippen LogP contribution in [0.2, 0.25) is 0 Å². The molecule has 0 spiro atoms. The van der Waals surface area contributed by atoms with E-state index >= 15 is 0 Å². The first-order valence-electron chi connectivity index (χ1n) is 7.54. The molecule has 0 saturated heterocycles. The van der Waals surface area contributed by atoms with Crippen molar-refractivity contribution in [2.45, 2.75) is 13.5 Å². The van der Waals surface area contributed by atoms with Gasteiger partial charge in [0.05, 0.1) is 25.3 Å². The maximum atomic E-state index is 13.1. The summed E-state index contributed by atoms with van der Waals surface area (Å²) in [4.78, 5) is 30.1. The smallest absolute Gasteiger partial charge is 0.310 e. The van der Waals surface area contributed by atoms with Crippen molar-refractivity contribution in [3.05, 3.63) is 65.7 Å². The third kappa shape index (κ3) is 4.62. The summed E-state index contributed by atoms with van der Waals surface area (Å²) in [7, 11) is 1.31. The number of hydrogen-bond acceptors (Lipinski definition) is 4. The SMILES string of the molecule is COC(=O)C(C)CN(Cc1ccccn1)C(=O)c1ccc(F)cc1. The Bertz CT molecular complexity index is 689. The Morgan fingerprint density at radius 3 is 2.50 bits per heavy atom. The normalized spacial score (nSPS) is 11.6. The molecule has 0 aliphatic carbocycles. The molecule has 0 fully saturated rings. The fourth-order valence-electron chi connectivity index (χ4n) is 2.29. The van der Waals surface area contributed by atoms with E-state index in [-0.39, 0.29) is 19.0 Å². The van der Waals surface area contributed by atoms with Crippen LogP contribution in [0.3, 0.4) is 0 Å². The summed E-state index contributed by atoms with van der Waals surface area (Å²) in [6, 6.07) is 10.7. The minimum Gasteiger partial charge on any atom is -0.469 e. The Balaban J connectivity index is 2.22. The van der Waals surface area contributed by atoms with E-state index in [1.54, 1.807) is 25.3 Å². The molecule has 126 valence electrons. The van der Waals surface area contributed by atoms with Gasteiger partial charge in [-0.15, -0.1) is 0 Å². The van der Waals surface area contributed by atoms with E-state index in [4.69, 9.17) is 4.74 Å².